The zero-order valence-electron chi connectivity index (χ0n) is 14.7. The number of rotatable bonds is 3. The molecule has 2 aromatic carbocycles. The van der Waals surface area contributed by atoms with Gasteiger partial charge < -0.3 is 14.5 Å². The number of nitrogens with zero attached hydrogens (tertiary/aromatic N) is 4. The van der Waals surface area contributed by atoms with Crippen molar-refractivity contribution in [2.45, 2.75) is 0 Å². The van der Waals surface area contributed by atoms with Gasteiger partial charge in [-0.3, -0.25) is 0 Å². The molecule has 5 rings (SSSR count). The molecule has 5 nitrogen and oxygen atoms in total. The smallest absolute Gasteiger partial charge is 0.186 e. The van der Waals surface area contributed by atoms with Crippen molar-refractivity contribution in [1.82, 2.24) is 9.97 Å². The molecule has 0 bridgehead atoms. The second-order valence-electron chi connectivity index (χ2n) is 6.41. The Morgan fingerprint density at radius 3 is 2.22 bits per heavy atom. The maximum atomic E-state index is 5.31. The number of benzene rings is 2. The van der Waals surface area contributed by atoms with E-state index in [4.69, 9.17) is 14.7 Å². The highest BCUT2D eigenvalue weighted by atomic mass is 79.9. The fourth-order valence-electron chi connectivity index (χ4n) is 3.27. The van der Waals surface area contributed by atoms with Crippen LogP contribution in [0.4, 0.5) is 10.3 Å². The highest BCUT2D eigenvalue weighted by molar-refractivity contribution is 9.10. The lowest BCUT2D eigenvalue weighted by Crippen LogP contribution is -2.46. The summed E-state index contributed by atoms with van der Waals surface area (Å²) in [6.45, 7) is 3.83. The Labute approximate surface area is 173 Å². The van der Waals surface area contributed by atoms with Crippen LogP contribution in [-0.4, -0.2) is 43.3 Å². The van der Waals surface area contributed by atoms with Crippen LogP contribution in [0, 0.1) is 0 Å². The van der Waals surface area contributed by atoms with Gasteiger partial charge in [0, 0.05) is 36.7 Å². The standard InChI is InChI=1S/C19H17BrN4OS2/c1-25-13-3-5-16-15(11-13)22-19(26-16)24-8-6-23(7-9-24)18-21-14-4-2-12(20)10-17(14)27-18/h2-5,10-11H,6-9H2,1H3. The van der Waals surface area contributed by atoms with E-state index < -0.39 is 0 Å². The Morgan fingerprint density at radius 1 is 0.852 bits per heavy atom. The van der Waals surface area contributed by atoms with Gasteiger partial charge in [0.2, 0.25) is 0 Å². The van der Waals surface area contributed by atoms with E-state index in [1.54, 1.807) is 29.8 Å². The summed E-state index contributed by atoms with van der Waals surface area (Å²) in [6.07, 6.45) is 0. The normalized spacial score (nSPS) is 15.0. The SMILES string of the molecule is COc1ccc2sc(N3CCN(c4nc5ccc(Br)cc5s4)CC3)nc2c1. The quantitative estimate of drug-likeness (QED) is 0.430. The molecular weight excluding hydrogens is 444 g/mol. The van der Waals surface area contributed by atoms with Gasteiger partial charge in [-0.1, -0.05) is 38.6 Å². The second-order valence-corrected chi connectivity index (χ2v) is 9.35. The van der Waals surface area contributed by atoms with Crippen LogP contribution < -0.4 is 14.5 Å². The number of piperazine rings is 1. The molecule has 27 heavy (non-hydrogen) atoms. The first-order chi connectivity index (χ1) is 13.2. The van der Waals surface area contributed by atoms with Crippen molar-refractivity contribution in [3.63, 3.8) is 0 Å². The summed E-state index contributed by atoms with van der Waals surface area (Å²) in [5, 5.41) is 2.20. The average molecular weight is 461 g/mol. The predicted octanol–water partition coefficient (Wildman–Crippen LogP) is 5.00. The first-order valence-corrected chi connectivity index (χ1v) is 11.1. The Morgan fingerprint density at radius 2 is 1.52 bits per heavy atom. The zero-order valence-corrected chi connectivity index (χ0v) is 17.9. The van der Waals surface area contributed by atoms with Crippen LogP contribution >= 0.6 is 38.6 Å². The van der Waals surface area contributed by atoms with Gasteiger partial charge in [-0.2, -0.15) is 0 Å². The fourth-order valence-corrected chi connectivity index (χ4v) is 5.83. The van der Waals surface area contributed by atoms with E-state index in [-0.39, 0.29) is 0 Å². The number of hydrogen-bond donors (Lipinski definition) is 0. The van der Waals surface area contributed by atoms with Gasteiger partial charge in [0.25, 0.3) is 0 Å². The summed E-state index contributed by atoms with van der Waals surface area (Å²) in [7, 11) is 1.69. The van der Waals surface area contributed by atoms with Crippen LogP contribution in [0.3, 0.4) is 0 Å². The number of anilines is 2. The average Bonchev–Trinajstić information content (AvgIpc) is 3.31. The monoisotopic (exact) mass is 460 g/mol. The number of thiazole rings is 2. The van der Waals surface area contributed by atoms with Crippen LogP contribution in [0.25, 0.3) is 20.4 Å². The fraction of sp³-hybridized carbons (Fsp3) is 0.263. The van der Waals surface area contributed by atoms with Gasteiger partial charge in [-0.25, -0.2) is 9.97 Å². The number of aromatic nitrogens is 2. The first-order valence-electron chi connectivity index (χ1n) is 8.70. The predicted molar refractivity (Wildman–Crippen MR) is 118 cm³/mol. The number of fused-ring (bicyclic) bond motifs is 2. The Balaban J connectivity index is 1.33. The summed E-state index contributed by atoms with van der Waals surface area (Å²) in [4.78, 5) is 14.4. The highest BCUT2D eigenvalue weighted by Crippen LogP contribution is 2.34. The van der Waals surface area contributed by atoms with Crippen molar-refractivity contribution < 1.29 is 4.74 Å². The molecule has 0 spiro atoms. The summed E-state index contributed by atoms with van der Waals surface area (Å²) in [5.74, 6) is 0.853. The molecule has 138 valence electrons. The molecule has 0 aliphatic carbocycles. The van der Waals surface area contributed by atoms with Gasteiger partial charge >= 0.3 is 0 Å². The lowest BCUT2D eigenvalue weighted by molar-refractivity contribution is 0.415. The van der Waals surface area contributed by atoms with Crippen molar-refractivity contribution >= 4 is 69.3 Å². The van der Waals surface area contributed by atoms with E-state index in [0.29, 0.717) is 0 Å². The molecule has 3 heterocycles. The number of hydrogen-bond acceptors (Lipinski definition) is 7. The summed E-state index contributed by atoms with van der Waals surface area (Å²) < 4.78 is 8.83. The molecule has 1 fully saturated rings. The van der Waals surface area contributed by atoms with E-state index in [2.05, 4.69) is 43.9 Å². The Kier molecular flexibility index (Phi) is 4.41. The zero-order chi connectivity index (χ0) is 18.4. The van der Waals surface area contributed by atoms with Crippen LogP contribution in [0.5, 0.6) is 5.75 Å². The lowest BCUT2D eigenvalue weighted by atomic mass is 10.3. The third kappa shape index (κ3) is 3.26. The maximum Gasteiger partial charge on any atom is 0.186 e. The topological polar surface area (TPSA) is 41.5 Å². The van der Waals surface area contributed by atoms with E-state index in [0.717, 1.165) is 57.7 Å². The van der Waals surface area contributed by atoms with Crippen molar-refractivity contribution in [3.05, 3.63) is 40.9 Å². The second kappa shape index (κ2) is 6.92. The van der Waals surface area contributed by atoms with Gasteiger partial charge in [0.15, 0.2) is 10.3 Å². The minimum atomic E-state index is 0.853. The Hall–Kier alpha value is -1.90. The molecule has 1 aliphatic heterocycles. The van der Waals surface area contributed by atoms with E-state index in [1.165, 1.54) is 9.40 Å². The summed E-state index contributed by atoms with van der Waals surface area (Å²) in [6, 6.07) is 12.3. The molecular formula is C19H17BrN4OS2. The number of ether oxygens (including phenoxy) is 1. The molecule has 4 aromatic rings. The molecule has 8 heteroatoms. The Bertz CT molecular complexity index is 1120. The third-order valence-corrected chi connectivity index (χ3v) is 7.41. The van der Waals surface area contributed by atoms with Gasteiger partial charge in [-0.15, -0.1) is 0 Å². The molecule has 0 radical (unpaired) electrons. The highest BCUT2D eigenvalue weighted by Gasteiger charge is 2.22. The lowest BCUT2D eigenvalue weighted by Gasteiger charge is -2.34. The first kappa shape index (κ1) is 17.2. The van der Waals surface area contributed by atoms with Crippen LogP contribution in [0.15, 0.2) is 40.9 Å². The van der Waals surface area contributed by atoms with Gasteiger partial charge in [0.05, 0.1) is 27.5 Å². The molecule has 0 atom stereocenters. The number of methoxy groups -OCH3 is 1. The van der Waals surface area contributed by atoms with Gasteiger partial charge in [-0.05, 0) is 30.3 Å². The van der Waals surface area contributed by atoms with Crippen LogP contribution in [0.2, 0.25) is 0 Å². The van der Waals surface area contributed by atoms with E-state index in [9.17, 15) is 0 Å². The van der Waals surface area contributed by atoms with Crippen molar-refractivity contribution in [2.24, 2.45) is 0 Å². The van der Waals surface area contributed by atoms with E-state index >= 15 is 0 Å². The molecule has 1 aliphatic rings. The maximum absolute atomic E-state index is 5.31. The minimum Gasteiger partial charge on any atom is -0.497 e. The van der Waals surface area contributed by atoms with Crippen molar-refractivity contribution in [3.8, 4) is 5.75 Å². The summed E-state index contributed by atoms with van der Waals surface area (Å²) >= 11 is 7.05. The molecule has 0 N–H and O–H groups in total. The number of halogens is 1. The third-order valence-electron chi connectivity index (χ3n) is 4.74. The molecule has 0 unspecified atom stereocenters. The summed E-state index contributed by atoms with van der Waals surface area (Å²) in [5.41, 5.74) is 2.08. The molecule has 2 aromatic heterocycles. The molecule has 0 saturated carbocycles. The largest absolute Gasteiger partial charge is 0.497 e. The molecule has 1 saturated heterocycles. The van der Waals surface area contributed by atoms with Gasteiger partial charge in [0.1, 0.15) is 5.75 Å². The van der Waals surface area contributed by atoms with Crippen molar-refractivity contribution in [1.29, 1.82) is 0 Å². The van der Waals surface area contributed by atoms with Crippen LogP contribution in [-0.2, 0) is 0 Å². The van der Waals surface area contributed by atoms with E-state index in [1.807, 2.05) is 18.2 Å². The van der Waals surface area contributed by atoms with Crippen molar-refractivity contribution in [2.75, 3.05) is 43.1 Å². The van der Waals surface area contributed by atoms with Crippen LogP contribution in [0.1, 0.15) is 0 Å². The molecule has 0 amide bonds. The minimum absolute atomic E-state index is 0.853.